The summed E-state index contributed by atoms with van der Waals surface area (Å²) in [5.74, 6) is -4.41. The van der Waals surface area contributed by atoms with E-state index >= 15 is 8.78 Å². The summed E-state index contributed by atoms with van der Waals surface area (Å²) in [6.45, 7) is 9.79. The van der Waals surface area contributed by atoms with Crippen molar-refractivity contribution < 1.29 is 31.3 Å². The normalized spacial score (nSPS) is 12.6. The Bertz CT molecular complexity index is 1910. The van der Waals surface area contributed by atoms with Gasteiger partial charge < -0.3 is 10.6 Å². The maximum Gasteiger partial charge on any atom is 0.266 e. The number of anilines is 1. The van der Waals surface area contributed by atoms with Crippen molar-refractivity contribution in [1.29, 1.82) is 0 Å². The first kappa shape index (κ1) is 36.2. The Balaban J connectivity index is 1.60. The van der Waals surface area contributed by atoms with E-state index in [0.29, 0.717) is 22.3 Å². The lowest BCUT2D eigenvalue weighted by atomic mass is 9.89. The molecule has 2 amide bonds. The molecular weight excluding hydrogens is 634 g/mol. The summed E-state index contributed by atoms with van der Waals surface area (Å²) in [5.41, 5.74) is 4.85. The van der Waals surface area contributed by atoms with Gasteiger partial charge in [-0.1, -0.05) is 93.1 Å². The van der Waals surface area contributed by atoms with Crippen LogP contribution in [-0.2, 0) is 21.3 Å². The smallest absolute Gasteiger partial charge is 0.266 e. The van der Waals surface area contributed by atoms with Crippen molar-refractivity contribution in [1.82, 2.24) is 5.32 Å². The third-order valence-electron chi connectivity index (χ3n) is 7.72. The van der Waals surface area contributed by atoms with Crippen molar-refractivity contribution in [2.45, 2.75) is 47.0 Å². The summed E-state index contributed by atoms with van der Waals surface area (Å²) in [4.78, 5) is 26.2. The van der Waals surface area contributed by atoms with Crippen molar-refractivity contribution >= 4 is 33.7 Å². The molecule has 7 nitrogen and oxygen atoms in total. The molecule has 4 aromatic rings. The highest BCUT2D eigenvalue weighted by atomic mass is 32.2. The minimum atomic E-state index is -4.22. The maximum absolute atomic E-state index is 15.4. The number of halogens is 2. The number of benzene rings is 4. The van der Waals surface area contributed by atoms with E-state index in [2.05, 4.69) is 37.5 Å². The molecule has 3 N–H and O–H groups in total. The van der Waals surface area contributed by atoms with Crippen LogP contribution in [0.1, 0.15) is 64.9 Å². The second-order valence-electron chi connectivity index (χ2n) is 13.0. The predicted octanol–water partition coefficient (Wildman–Crippen LogP) is 7.89. The molecule has 0 aliphatic heterocycles. The average Bonchev–Trinajstić information content (AvgIpc) is 3.00. The van der Waals surface area contributed by atoms with E-state index in [9.17, 15) is 18.0 Å². The van der Waals surface area contributed by atoms with Gasteiger partial charge in [0, 0.05) is 12.1 Å². The van der Waals surface area contributed by atoms with E-state index in [0.717, 1.165) is 16.7 Å². The summed E-state index contributed by atoms with van der Waals surface area (Å²) >= 11 is 0. The Morgan fingerprint density at radius 2 is 1.52 bits per heavy atom. The zero-order valence-electron chi connectivity index (χ0n) is 27.6. The van der Waals surface area contributed by atoms with Gasteiger partial charge in [-0.25, -0.2) is 8.78 Å². The molecule has 252 valence electrons. The molecular formula is C38H40F2N2O5S. The van der Waals surface area contributed by atoms with Crippen LogP contribution in [0.5, 0.6) is 0 Å². The van der Waals surface area contributed by atoms with Crippen LogP contribution in [-0.4, -0.2) is 37.1 Å². The second-order valence-corrected chi connectivity index (χ2v) is 14.6. The van der Waals surface area contributed by atoms with Gasteiger partial charge in [0.05, 0.1) is 11.7 Å². The molecule has 1 atom stereocenters. The Hall–Kier alpha value is -4.67. The van der Waals surface area contributed by atoms with Crippen LogP contribution in [0, 0.1) is 30.9 Å². The fraction of sp³-hybridized carbons (Fsp3) is 0.263. The standard InChI is InChI=1S/C38H40F2N2O5S/c1-24-6-15-31(25(2)20-24)30-22-33(39)35(34(40)23-30)42-37(44)32(28-11-7-26(8-12-28)16-17-38(3,4)5)21-27-9-13-29(14-10-27)36(43)41-18-19-48(45,46)47/h6-17,20,22-23,32H,18-19,21H2,1-5H3,(H,41,43)(H,42,44)(H,45,46,47). The van der Waals surface area contributed by atoms with Crippen LogP contribution in [0.3, 0.4) is 0 Å². The third-order valence-corrected chi connectivity index (χ3v) is 8.44. The molecule has 0 spiro atoms. The molecule has 0 saturated carbocycles. The monoisotopic (exact) mass is 674 g/mol. The van der Waals surface area contributed by atoms with E-state index in [-0.39, 0.29) is 23.9 Å². The van der Waals surface area contributed by atoms with Crippen LogP contribution in [0.4, 0.5) is 14.5 Å². The first-order valence-electron chi connectivity index (χ1n) is 15.5. The van der Waals surface area contributed by atoms with Crippen LogP contribution in [0.25, 0.3) is 17.2 Å². The van der Waals surface area contributed by atoms with Crippen molar-refractivity contribution in [3.63, 3.8) is 0 Å². The topological polar surface area (TPSA) is 113 Å². The van der Waals surface area contributed by atoms with Crippen LogP contribution >= 0.6 is 0 Å². The summed E-state index contributed by atoms with van der Waals surface area (Å²) in [6, 6.07) is 21.7. The summed E-state index contributed by atoms with van der Waals surface area (Å²) < 4.78 is 61.6. The van der Waals surface area contributed by atoms with Crippen LogP contribution in [0.15, 0.2) is 84.9 Å². The number of nitrogens with one attached hydrogen (secondary N) is 2. The number of hydrogen-bond donors (Lipinski definition) is 3. The summed E-state index contributed by atoms with van der Waals surface area (Å²) in [6.07, 6.45) is 4.21. The molecule has 0 fully saturated rings. The first-order valence-corrected chi connectivity index (χ1v) is 17.1. The molecule has 1 unspecified atom stereocenters. The fourth-order valence-corrected chi connectivity index (χ4v) is 5.53. The van der Waals surface area contributed by atoms with Gasteiger partial charge >= 0.3 is 0 Å². The van der Waals surface area contributed by atoms with Crippen LogP contribution in [0.2, 0.25) is 0 Å². The Morgan fingerprint density at radius 3 is 2.08 bits per heavy atom. The average molecular weight is 675 g/mol. The minimum Gasteiger partial charge on any atom is -0.351 e. The van der Waals surface area contributed by atoms with Crippen molar-refractivity contribution in [2.24, 2.45) is 5.41 Å². The molecule has 0 saturated heterocycles. The van der Waals surface area contributed by atoms with Crippen molar-refractivity contribution in [2.75, 3.05) is 17.6 Å². The number of carbonyl (C=O) groups is 2. The summed E-state index contributed by atoms with van der Waals surface area (Å²) in [5, 5.41) is 4.91. The molecule has 0 heterocycles. The largest absolute Gasteiger partial charge is 0.351 e. The number of rotatable bonds is 11. The first-order chi connectivity index (χ1) is 22.5. The predicted molar refractivity (Wildman–Crippen MR) is 186 cm³/mol. The van der Waals surface area contributed by atoms with Gasteiger partial charge in [0.2, 0.25) is 5.91 Å². The van der Waals surface area contributed by atoms with Crippen molar-refractivity contribution in [3.8, 4) is 11.1 Å². The molecule has 0 aliphatic rings. The van der Waals surface area contributed by atoms with Crippen LogP contribution < -0.4 is 10.6 Å². The molecule has 48 heavy (non-hydrogen) atoms. The lowest BCUT2D eigenvalue weighted by Gasteiger charge is -2.19. The molecule has 0 bridgehead atoms. The second kappa shape index (κ2) is 15.0. The number of aryl methyl sites for hydroxylation is 2. The number of hydrogen-bond acceptors (Lipinski definition) is 4. The lowest BCUT2D eigenvalue weighted by Crippen LogP contribution is -2.28. The van der Waals surface area contributed by atoms with Gasteiger partial charge in [0.15, 0.2) is 0 Å². The molecule has 0 aromatic heterocycles. The number of allylic oxidation sites excluding steroid dienone is 1. The van der Waals surface area contributed by atoms with Crippen molar-refractivity contribution in [3.05, 3.63) is 130 Å². The van der Waals surface area contributed by atoms with Gasteiger partial charge in [0.1, 0.15) is 17.3 Å². The number of amides is 2. The molecule has 10 heteroatoms. The SMILES string of the molecule is Cc1ccc(-c2cc(F)c(NC(=O)C(Cc3ccc(C(=O)NCCS(=O)(=O)O)cc3)c3ccc(C=CC(C)(C)C)cc3)c(F)c2)c(C)c1. The third kappa shape index (κ3) is 10.2. The lowest BCUT2D eigenvalue weighted by molar-refractivity contribution is -0.117. The quantitative estimate of drug-likeness (QED) is 0.140. The van der Waals surface area contributed by atoms with E-state index in [1.165, 1.54) is 24.3 Å². The van der Waals surface area contributed by atoms with Gasteiger partial charge in [-0.3, -0.25) is 14.1 Å². The highest BCUT2D eigenvalue weighted by Crippen LogP contribution is 2.32. The number of carbonyl (C=O) groups excluding carboxylic acids is 2. The Labute approximate surface area is 280 Å². The van der Waals surface area contributed by atoms with Gasteiger partial charge in [0.25, 0.3) is 16.0 Å². The maximum atomic E-state index is 15.4. The Kier molecular flexibility index (Phi) is 11.3. The van der Waals surface area contributed by atoms with Gasteiger partial charge in [-0.05, 0) is 83.3 Å². The van der Waals surface area contributed by atoms with E-state index in [1.54, 1.807) is 24.3 Å². The van der Waals surface area contributed by atoms with E-state index < -0.39 is 50.9 Å². The Morgan fingerprint density at radius 1 is 0.896 bits per heavy atom. The zero-order valence-corrected chi connectivity index (χ0v) is 28.4. The highest BCUT2D eigenvalue weighted by Gasteiger charge is 2.25. The van der Waals surface area contributed by atoms with Gasteiger partial charge in [-0.15, -0.1) is 0 Å². The molecule has 0 aliphatic carbocycles. The molecule has 0 radical (unpaired) electrons. The molecule has 4 rings (SSSR count). The molecule has 4 aromatic carbocycles. The van der Waals surface area contributed by atoms with Gasteiger partial charge in [-0.2, -0.15) is 8.42 Å². The van der Waals surface area contributed by atoms with E-state index in [1.807, 2.05) is 50.3 Å². The summed E-state index contributed by atoms with van der Waals surface area (Å²) in [7, 11) is -4.22. The minimum absolute atomic E-state index is 0.0253. The zero-order chi connectivity index (χ0) is 35.2. The van der Waals surface area contributed by atoms with E-state index in [4.69, 9.17) is 4.55 Å². The fourth-order valence-electron chi connectivity index (χ4n) is 5.17. The highest BCUT2D eigenvalue weighted by molar-refractivity contribution is 7.85.